The summed E-state index contributed by atoms with van der Waals surface area (Å²) in [6.45, 7) is 2.28. The van der Waals surface area contributed by atoms with Crippen LogP contribution in [0.15, 0.2) is 6.20 Å². The second kappa shape index (κ2) is 3.96. The monoisotopic (exact) mass is 238 g/mol. The van der Waals surface area contributed by atoms with Crippen molar-refractivity contribution in [3.05, 3.63) is 6.20 Å². The molecule has 1 aromatic heterocycles. The van der Waals surface area contributed by atoms with Crippen LogP contribution in [0.1, 0.15) is 0 Å². The van der Waals surface area contributed by atoms with E-state index < -0.39 is 0 Å². The Morgan fingerprint density at radius 1 is 1.54 bits per heavy atom. The highest BCUT2D eigenvalue weighted by molar-refractivity contribution is 6.99. The summed E-state index contributed by atoms with van der Waals surface area (Å²) < 4.78 is 9.69. The fraction of sp³-hybridized carbons (Fsp3) is 0.667. The lowest BCUT2D eigenvalue weighted by Crippen LogP contribution is -2.47. The highest BCUT2D eigenvalue weighted by atomic mass is 35.5. The first kappa shape index (κ1) is 9.45. The Morgan fingerprint density at radius 3 is 3.00 bits per heavy atom. The van der Waals surface area contributed by atoms with Crippen molar-refractivity contribution in [1.29, 1.82) is 0 Å². The molecule has 1 unspecified atom stereocenters. The molecule has 0 spiro atoms. The molecular formula is C6H8Cl2N4S. The van der Waals surface area contributed by atoms with Crippen molar-refractivity contribution >= 4 is 40.9 Å². The first-order chi connectivity index (χ1) is 6.27. The quantitative estimate of drug-likeness (QED) is 0.421. The van der Waals surface area contributed by atoms with Crippen LogP contribution in [0.2, 0.25) is 0 Å². The highest BCUT2D eigenvalue weighted by Gasteiger charge is 2.24. The number of piperazine rings is 1. The van der Waals surface area contributed by atoms with Gasteiger partial charge in [0.25, 0.3) is 0 Å². The van der Waals surface area contributed by atoms with Crippen molar-refractivity contribution in [2.45, 2.75) is 5.50 Å². The molecule has 1 aliphatic rings. The van der Waals surface area contributed by atoms with E-state index in [0.717, 1.165) is 18.9 Å². The van der Waals surface area contributed by atoms with E-state index in [0.29, 0.717) is 6.54 Å². The van der Waals surface area contributed by atoms with Gasteiger partial charge in [-0.25, -0.2) is 0 Å². The molecule has 2 heterocycles. The van der Waals surface area contributed by atoms with Gasteiger partial charge in [0, 0.05) is 13.1 Å². The van der Waals surface area contributed by atoms with E-state index in [9.17, 15) is 0 Å². The minimum Gasteiger partial charge on any atom is -0.350 e. The molecule has 0 amide bonds. The fourth-order valence-electron chi connectivity index (χ4n) is 1.23. The van der Waals surface area contributed by atoms with Gasteiger partial charge in [-0.05, 0) is 11.8 Å². The first-order valence-corrected chi connectivity index (χ1v) is 5.37. The Bertz CT molecular complexity index is 268. The van der Waals surface area contributed by atoms with Crippen molar-refractivity contribution < 1.29 is 0 Å². The summed E-state index contributed by atoms with van der Waals surface area (Å²) >= 11 is 13.0. The lowest BCUT2D eigenvalue weighted by Gasteiger charge is -2.34. The normalized spacial score (nSPS) is 25.1. The van der Waals surface area contributed by atoms with Crippen LogP contribution in [-0.4, -0.2) is 38.3 Å². The van der Waals surface area contributed by atoms with Crippen molar-refractivity contribution in [2.75, 3.05) is 24.5 Å². The molecule has 13 heavy (non-hydrogen) atoms. The van der Waals surface area contributed by atoms with E-state index in [1.54, 1.807) is 10.6 Å². The summed E-state index contributed by atoms with van der Waals surface area (Å²) in [4.78, 5) is 2.08. The lowest BCUT2D eigenvalue weighted by molar-refractivity contribution is 0.380. The number of alkyl halides is 1. The predicted molar refractivity (Wildman–Crippen MR) is 54.3 cm³/mol. The number of anilines is 1. The van der Waals surface area contributed by atoms with Crippen molar-refractivity contribution in [2.24, 2.45) is 0 Å². The van der Waals surface area contributed by atoms with E-state index in [1.807, 2.05) is 0 Å². The van der Waals surface area contributed by atoms with Gasteiger partial charge in [-0.15, -0.1) is 11.6 Å². The largest absolute Gasteiger partial charge is 0.350 e. The van der Waals surface area contributed by atoms with Gasteiger partial charge in [0.1, 0.15) is 5.50 Å². The molecule has 0 bridgehead atoms. The molecular weight excluding hydrogens is 231 g/mol. The summed E-state index contributed by atoms with van der Waals surface area (Å²) in [5, 5.41) is 0. The van der Waals surface area contributed by atoms with Gasteiger partial charge in [0.15, 0.2) is 5.82 Å². The lowest BCUT2D eigenvalue weighted by atomic mass is 10.3. The summed E-state index contributed by atoms with van der Waals surface area (Å²) in [5.74, 6) is 0.889. The molecule has 72 valence electrons. The molecule has 0 aliphatic carbocycles. The summed E-state index contributed by atoms with van der Waals surface area (Å²) in [6.07, 6.45) is 1.75. The van der Waals surface area contributed by atoms with Crippen LogP contribution in [0, 0.1) is 0 Å². The van der Waals surface area contributed by atoms with E-state index >= 15 is 0 Å². The number of hydrogen-bond acceptors (Lipinski definition) is 5. The first-order valence-electron chi connectivity index (χ1n) is 3.86. The van der Waals surface area contributed by atoms with Crippen LogP contribution in [-0.2, 0) is 0 Å². The van der Waals surface area contributed by atoms with Crippen molar-refractivity contribution in [3.8, 4) is 0 Å². The molecule has 4 nitrogen and oxygen atoms in total. The molecule has 2 rings (SSSR count). The predicted octanol–water partition coefficient (Wildman–Crippen LogP) is 1.38. The van der Waals surface area contributed by atoms with Crippen LogP contribution in [0.5, 0.6) is 0 Å². The Hall–Kier alpha value is -0.100. The highest BCUT2D eigenvalue weighted by Crippen LogP contribution is 2.20. The van der Waals surface area contributed by atoms with Crippen LogP contribution in [0.3, 0.4) is 0 Å². The molecule has 1 aromatic rings. The van der Waals surface area contributed by atoms with Gasteiger partial charge in [0.2, 0.25) is 0 Å². The number of halogens is 2. The van der Waals surface area contributed by atoms with Crippen molar-refractivity contribution in [1.82, 2.24) is 13.2 Å². The number of rotatable bonds is 1. The van der Waals surface area contributed by atoms with Crippen LogP contribution < -0.4 is 4.90 Å². The van der Waals surface area contributed by atoms with E-state index in [-0.39, 0.29) is 5.50 Å². The number of nitrogens with zero attached hydrogens (tertiary/aromatic N) is 4. The van der Waals surface area contributed by atoms with E-state index in [4.69, 9.17) is 23.4 Å². The smallest absolute Gasteiger partial charge is 0.162 e. The fourth-order valence-corrected chi connectivity index (χ4v) is 2.06. The number of aromatic nitrogens is 2. The molecule has 0 radical (unpaired) electrons. The average Bonchev–Trinajstić information content (AvgIpc) is 2.62. The Labute approximate surface area is 90.5 Å². The molecule has 0 N–H and O–H groups in total. The SMILES string of the molecule is ClC1CN(c2cnsn2)CCN1Cl. The van der Waals surface area contributed by atoms with E-state index in [1.165, 1.54) is 11.7 Å². The molecule has 1 fully saturated rings. The van der Waals surface area contributed by atoms with Gasteiger partial charge in [-0.3, -0.25) is 0 Å². The number of hydrogen-bond donors (Lipinski definition) is 0. The Kier molecular flexibility index (Phi) is 2.88. The van der Waals surface area contributed by atoms with Crippen LogP contribution >= 0.6 is 35.1 Å². The minimum atomic E-state index is -0.155. The molecule has 0 saturated carbocycles. The summed E-state index contributed by atoms with van der Waals surface area (Å²) in [5.41, 5.74) is -0.155. The second-order valence-corrected chi connectivity index (χ2v) is 4.26. The van der Waals surface area contributed by atoms with Gasteiger partial charge < -0.3 is 4.90 Å². The topological polar surface area (TPSA) is 32.3 Å². The summed E-state index contributed by atoms with van der Waals surface area (Å²) in [6, 6.07) is 0. The van der Waals surface area contributed by atoms with Gasteiger partial charge in [-0.1, -0.05) is 0 Å². The van der Waals surface area contributed by atoms with Crippen LogP contribution in [0.4, 0.5) is 5.82 Å². The van der Waals surface area contributed by atoms with Gasteiger partial charge in [-0.2, -0.15) is 13.2 Å². The zero-order chi connectivity index (χ0) is 9.26. The molecule has 7 heteroatoms. The van der Waals surface area contributed by atoms with Gasteiger partial charge >= 0.3 is 0 Å². The van der Waals surface area contributed by atoms with Gasteiger partial charge in [0.05, 0.1) is 24.5 Å². The molecule has 1 atom stereocenters. The zero-order valence-electron chi connectivity index (χ0n) is 6.73. The average molecular weight is 239 g/mol. The molecule has 0 aromatic carbocycles. The zero-order valence-corrected chi connectivity index (χ0v) is 9.06. The summed E-state index contributed by atoms with van der Waals surface area (Å²) in [7, 11) is 0. The third kappa shape index (κ3) is 2.04. The maximum atomic E-state index is 5.99. The third-order valence-electron chi connectivity index (χ3n) is 1.93. The Balaban J connectivity index is 2.03. The minimum absolute atomic E-state index is 0.155. The Morgan fingerprint density at radius 2 is 2.38 bits per heavy atom. The molecule has 1 saturated heterocycles. The second-order valence-electron chi connectivity index (χ2n) is 2.77. The van der Waals surface area contributed by atoms with Crippen LogP contribution in [0.25, 0.3) is 0 Å². The molecule has 1 aliphatic heterocycles. The standard InChI is InChI=1S/C6H8Cl2N4S/c7-5-4-11(1-2-12(5)8)6-3-9-13-10-6/h3,5H,1-2,4H2. The maximum absolute atomic E-state index is 5.99. The maximum Gasteiger partial charge on any atom is 0.162 e. The third-order valence-corrected chi connectivity index (χ3v) is 3.28. The van der Waals surface area contributed by atoms with E-state index in [2.05, 4.69) is 13.6 Å². The van der Waals surface area contributed by atoms with Crippen molar-refractivity contribution in [3.63, 3.8) is 0 Å².